The van der Waals surface area contributed by atoms with Crippen LogP contribution in [-0.2, 0) is 17.8 Å². The molecule has 6 heteroatoms. The van der Waals surface area contributed by atoms with Gasteiger partial charge in [0.05, 0.1) is 5.92 Å². The summed E-state index contributed by atoms with van der Waals surface area (Å²) in [5.41, 5.74) is 4.39. The van der Waals surface area contributed by atoms with E-state index < -0.39 is 5.97 Å². The topological polar surface area (TPSA) is 88.2 Å². The lowest BCUT2D eigenvalue weighted by atomic mass is 9.73. The average molecular weight is 448 g/mol. The zero-order valence-corrected chi connectivity index (χ0v) is 19.5. The van der Waals surface area contributed by atoms with Gasteiger partial charge in [-0.05, 0) is 73.7 Å². The van der Waals surface area contributed by atoms with E-state index >= 15 is 0 Å². The molecule has 0 atom stereocenters. The van der Waals surface area contributed by atoms with Crippen LogP contribution in [0.5, 0.6) is 0 Å². The minimum atomic E-state index is -0.638. The molecular weight excluding hydrogens is 414 g/mol. The van der Waals surface area contributed by atoms with E-state index in [0.717, 1.165) is 56.3 Å². The minimum Gasteiger partial charge on any atom is -0.481 e. The minimum absolute atomic E-state index is 0.105. The van der Waals surface area contributed by atoms with E-state index in [4.69, 9.17) is 9.63 Å². The molecule has 1 heterocycles. The first-order valence-corrected chi connectivity index (χ1v) is 11.9. The molecule has 0 spiro atoms. The lowest BCUT2D eigenvalue weighted by Gasteiger charge is -2.32. The summed E-state index contributed by atoms with van der Waals surface area (Å²) < 4.78 is 5.50. The van der Waals surface area contributed by atoms with Crippen LogP contribution in [-0.4, -0.2) is 27.8 Å². The van der Waals surface area contributed by atoms with Crippen molar-refractivity contribution in [2.45, 2.75) is 52.5 Å². The third kappa shape index (κ3) is 6.29. The van der Waals surface area contributed by atoms with Gasteiger partial charge >= 0.3 is 5.97 Å². The average Bonchev–Trinajstić information content (AvgIpc) is 3.25. The molecule has 0 bridgehead atoms. The molecule has 1 saturated carbocycles. The molecule has 1 aliphatic carbocycles. The van der Waals surface area contributed by atoms with E-state index in [1.54, 1.807) is 0 Å². The summed E-state index contributed by atoms with van der Waals surface area (Å²) in [5, 5.41) is 16.6. The smallest absolute Gasteiger partial charge is 0.306 e. The predicted octanol–water partition coefficient (Wildman–Crippen LogP) is 5.58. The van der Waals surface area contributed by atoms with E-state index in [-0.39, 0.29) is 5.92 Å². The predicted molar refractivity (Wildman–Crippen MR) is 129 cm³/mol. The van der Waals surface area contributed by atoms with E-state index in [0.29, 0.717) is 23.6 Å². The van der Waals surface area contributed by atoms with Crippen LogP contribution >= 0.6 is 0 Å². The second-order valence-electron chi connectivity index (χ2n) is 9.61. The largest absolute Gasteiger partial charge is 0.481 e. The van der Waals surface area contributed by atoms with Crippen LogP contribution in [0.3, 0.4) is 0 Å². The van der Waals surface area contributed by atoms with Crippen molar-refractivity contribution < 1.29 is 14.4 Å². The van der Waals surface area contributed by atoms with Crippen molar-refractivity contribution in [1.82, 2.24) is 15.5 Å². The van der Waals surface area contributed by atoms with E-state index in [2.05, 4.69) is 53.6 Å². The molecule has 0 amide bonds. The molecule has 0 radical (unpaired) electrons. The highest BCUT2D eigenvalue weighted by molar-refractivity contribution is 5.71. The second kappa shape index (κ2) is 10.8. The SMILES string of the molecule is CC(C)Cc1ccc(-c2nc(-c3ccc(CNCCCC4CC(C(=O)O)C4)cc3)no2)cc1. The molecule has 174 valence electrons. The van der Waals surface area contributed by atoms with Crippen LogP contribution in [0.4, 0.5) is 0 Å². The van der Waals surface area contributed by atoms with Crippen molar-refractivity contribution in [3.8, 4) is 22.8 Å². The molecular formula is C27H33N3O3. The van der Waals surface area contributed by atoms with Gasteiger partial charge in [0.15, 0.2) is 0 Å². The van der Waals surface area contributed by atoms with Crippen LogP contribution in [0.1, 0.15) is 50.7 Å². The molecule has 1 fully saturated rings. The van der Waals surface area contributed by atoms with Crippen LogP contribution in [0.2, 0.25) is 0 Å². The fourth-order valence-corrected chi connectivity index (χ4v) is 4.41. The Bertz CT molecular complexity index is 1040. The maximum Gasteiger partial charge on any atom is 0.306 e. The summed E-state index contributed by atoms with van der Waals surface area (Å²) in [5.74, 6) is 1.60. The van der Waals surface area contributed by atoms with Crippen molar-refractivity contribution >= 4 is 5.97 Å². The lowest BCUT2D eigenvalue weighted by Crippen LogP contribution is -2.30. The third-order valence-corrected chi connectivity index (χ3v) is 6.36. The molecule has 33 heavy (non-hydrogen) atoms. The molecule has 1 aliphatic rings. The number of carboxylic acid groups (broad SMARTS) is 1. The summed E-state index contributed by atoms with van der Waals surface area (Å²) >= 11 is 0. The van der Waals surface area contributed by atoms with Crippen LogP contribution in [0, 0.1) is 17.8 Å². The van der Waals surface area contributed by atoms with Crippen molar-refractivity contribution in [1.29, 1.82) is 0 Å². The number of hydrogen-bond acceptors (Lipinski definition) is 5. The number of nitrogens with one attached hydrogen (secondary N) is 1. The Morgan fingerprint density at radius 3 is 2.39 bits per heavy atom. The van der Waals surface area contributed by atoms with Crippen molar-refractivity contribution in [2.75, 3.05) is 6.54 Å². The molecule has 1 aromatic heterocycles. The molecule has 3 aromatic rings. The number of aromatic nitrogens is 2. The fourth-order valence-electron chi connectivity index (χ4n) is 4.41. The maximum atomic E-state index is 10.9. The second-order valence-corrected chi connectivity index (χ2v) is 9.61. The molecule has 0 unspecified atom stereocenters. The Labute approximate surface area is 195 Å². The monoisotopic (exact) mass is 447 g/mol. The van der Waals surface area contributed by atoms with Gasteiger partial charge in [-0.1, -0.05) is 55.4 Å². The van der Waals surface area contributed by atoms with Crippen molar-refractivity contribution in [2.24, 2.45) is 17.8 Å². The molecule has 2 N–H and O–H groups in total. The first kappa shape index (κ1) is 23.2. The number of hydrogen-bond donors (Lipinski definition) is 2. The first-order valence-electron chi connectivity index (χ1n) is 11.9. The normalized spacial score (nSPS) is 17.8. The summed E-state index contributed by atoms with van der Waals surface area (Å²) in [6.07, 6.45) is 4.94. The van der Waals surface area contributed by atoms with Gasteiger partial charge in [-0.25, -0.2) is 0 Å². The Kier molecular flexibility index (Phi) is 7.55. The number of rotatable bonds is 11. The Morgan fingerprint density at radius 1 is 1.06 bits per heavy atom. The fraction of sp³-hybridized carbons (Fsp3) is 0.444. The number of carboxylic acids is 1. The standard InChI is InChI=1S/C27H33N3O3/c1-18(2)14-19-5-11-23(12-6-19)26-29-25(30-33-26)22-9-7-20(8-10-22)17-28-13-3-4-21-15-24(16-21)27(31)32/h5-12,18,21,24,28H,3-4,13-17H2,1-2H3,(H,31,32). The zero-order valence-electron chi connectivity index (χ0n) is 19.5. The quantitative estimate of drug-likeness (QED) is 0.373. The van der Waals surface area contributed by atoms with Gasteiger partial charge in [0.25, 0.3) is 5.89 Å². The van der Waals surface area contributed by atoms with Gasteiger partial charge in [0.1, 0.15) is 0 Å². The Morgan fingerprint density at radius 2 is 1.73 bits per heavy atom. The van der Waals surface area contributed by atoms with E-state index in [1.807, 2.05) is 24.3 Å². The summed E-state index contributed by atoms with van der Waals surface area (Å²) in [6, 6.07) is 16.6. The number of benzene rings is 2. The highest BCUT2D eigenvalue weighted by Gasteiger charge is 2.33. The van der Waals surface area contributed by atoms with Crippen molar-refractivity contribution in [3.63, 3.8) is 0 Å². The Balaban J connectivity index is 1.22. The van der Waals surface area contributed by atoms with Gasteiger partial charge in [-0.15, -0.1) is 0 Å². The van der Waals surface area contributed by atoms with Gasteiger partial charge < -0.3 is 14.9 Å². The summed E-state index contributed by atoms with van der Waals surface area (Å²) in [7, 11) is 0. The number of nitrogens with zero attached hydrogens (tertiary/aromatic N) is 2. The molecule has 2 aromatic carbocycles. The number of carbonyl (C=O) groups is 1. The molecule has 6 nitrogen and oxygen atoms in total. The lowest BCUT2D eigenvalue weighted by molar-refractivity contribution is -0.146. The van der Waals surface area contributed by atoms with E-state index in [9.17, 15) is 4.79 Å². The van der Waals surface area contributed by atoms with Gasteiger partial charge in [-0.2, -0.15) is 4.98 Å². The van der Waals surface area contributed by atoms with Gasteiger partial charge in [0, 0.05) is 17.7 Å². The van der Waals surface area contributed by atoms with Crippen LogP contribution in [0.25, 0.3) is 22.8 Å². The summed E-state index contributed by atoms with van der Waals surface area (Å²) in [6.45, 7) is 6.19. The highest BCUT2D eigenvalue weighted by atomic mass is 16.5. The highest BCUT2D eigenvalue weighted by Crippen LogP contribution is 2.36. The van der Waals surface area contributed by atoms with E-state index in [1.165, 1.54) is 11.1 Å². The molecule has 0 saturated heterocycles. The summed E-state index contributed by atoms with van der Waals surface area (Å²) in [4.78, 5) is 15.4. The Hall–Kier alpha value is -2.99. The number of aliphatic carboxylic acids is 1. The van der Waals surface area contributed by atoms with Gasteiger partial charge in [-0.3, -0.25) is 4.79 Å². The first-order chi connectivity index (χ1) is 16.0. The van der Waals surface area contributed by atoms with Crippen LogP contribution < -0.4 is 5.32 Å². The van der Waals surface area contributed by atoms with Crippen LogP contribution in [0.15, 0.2) is 53.1 Å². The van der Waals surface area contributed by atoms with Gasteiger partial charge in [0.2, 0.25) is 5.82 Å². The molecule has 0 aliphatic heterocycles. The zero-order chi connectivity index (χ0) is 23.2. The van der Waals surface area contributed by atoms with Crippen molar-refractivity contribution in [3.05, 3.63) is 59.7 Å². The third-order valence-electron chi connectivity index (χ3n) is 6.36. The maximum absolute atomic E-state index is 10.9. The molecule has 4 rings (SSSR count).